The van der Waals surface area contributed by atoms with Crippen molar-refractivity contribution in [2.24, 2.45) is 5.41 Å². The van der Waals surface area contributed by atoms with Gasteiger partial charge in [0.25, 0.3) is 0 Å². The average Bonchev–Trinajstić information content (AvgIpc) is 2.15. The Morgan fingerprint density at radius 1 is 1.28 bits per heavy atom. The van der Waals surface area contributed by atoms with Crippen LogP contribution in [0.4, 0.5) is 5.69 Å². The van der Waals surface area contributed by atoms with E-state index in [1.807, 2.05) is 0 Å². The highest BCUT2D eigenvalue weighted by Crippen LogP contribution is 2.51. The normalized spacial score (nSPS) is 20.4. The van der Waals surface area contributed by atoms with Gasteiger partial charge in [-0.05, 0) is 25.0 Å². The number of anilines is 1. The molecule has 1 saturated carbocycles. The Morgan fingerprint density at radius 3 is 2.44 bits per heavy atom. The van der Waals surface area contributed by atoms with E-state index < -0.39 is 5.97 Å². The van der Waals surface area contributed by atoms with E-state index in [-0.39, 0.29) is 5.56 Å². The van der Waals surface area contributed by atoms with E-state index in [0.29, 0.717) is 21.1 Å². The number of carboxylic acids is 1. The highest BCUT2D eigenvalue weighted by molar-refractivity contribution is 6.37. The van der Waals surface area contributed by atoms with Gasteiger partial charge >= 0.3 is 5.97 Å². The summed E-state index contributed by atoms with van der Waals surface area (Å²) in [5.41, 5.74) is 1.24. The Bertz CT molecular complexity index is 518. The second kappa shape index (κ2) is 4.04. The molecule has 0 aromatic heterocycles. The Morgan fingerprint density at radius 2 is 1.94 bits per heavy atom. The Hall–Kier alpha value is -0.930. The summed E-state index contributed by atoms with van der Waals surface area (Å²) >= 11 is 12.0. The SMILES string of the molecule is O=C(O)c1cc(Cl)cc(Cl)c1N1CC2(CCC2)C1. The average molecular weight is 286 g/mol. The van der Waals surface area contributed by atoms with Gasteiger partial charge in [-0.2, -0.15) is 0 Å². The molecule has 1 spiro atoms. The van der Waals surface area contributed by atoms with E-state index >= 15 is 0 Å². The summed E-state index contributed by atoms with van der Waals surface area (Å²) in [6, 6.07) is 3.08. The fourth-order valence-electron chi connectivity index (χ4n) is 2.96. The van der Waals surface area contributed by atoms with Gasteiger partial charge in [-0.3, -0.25) is 0 Å². The number of aromatic carboxylic acids is 1. The summed E-state index contributed by atoms with van der Waals surface area (Å²) in [6.07, 6.45) is 3.78. The summed E-state index contributed by atoms with van der Waals surface area (Å²) in [5.74, 6) is -0.982. The number of rotatable bonds is 2. The van der Waals surface area contributed by atoms with Crippen molar-refractivity contribution in [3.05, 3.63) is 27.7 Å². The smallest absolute Gasteiger partial charge is 0.337 e. The number of hydrogen-bond donors (Lipinski definition) is 1. The minimum Gasteiger partial charge on any atom is -0.478 e. The molecule has 0 unspecified atom stereocenters. The van der Waals surface area contributed by atoms with Crippen molar-refractivity contribution < 1.29 is 9.90 Å². The molecule has 3 rings (SSSR count). The van der Waals surface area contributed by atoms with Crippen LogP contribution in [0.5, 0.6) is 0 Å². The molecule has 1 aliphatic carbocycles. The fourth-order valence-corrected chi connectivity index (χ4v) is 3.58. The Balaban J connectivity index is 1.94. The minimum atomic E-state index is -0.982. The van der Waals surface area contributed by atoms with Gasteiger partial charge in [0.1, 0.15) is 0 Å². The summed E-state index contributed by atoms with van der Waals surface area (Å²) < 4.78 is 0. The van der Waals surface area contributed by atoms with E-state index in [9.17, 15) is 9.90 Å². The van der Waals surface area contributed by atoms with Crippen molar-refractivity contribution in [1.29, 1.82) is 0 Å². The van der Waals surface area contributed by atoms with Crippen LogP contribution in [0.3, 0.4) is 0 Å². The molecule has 1 saturated heterocycles. The maximum atomic E-state index is 11.3. The van der Waals surface area contributed by atoms with Gasteiger partial charge in [-0.25, -0.2) is 4.79 Å². The predicted molar refractivity (Wildman–Crippen MR) is 71.9 cm³/mol. The van der Waals surface area contributed by atoms with Crippen molar-refractivity contribution in [1.82, 2.24) is 0 Å². The van der Waals surface area contributed by atoms with Crippen LogP contribution in [0.15, 0.2) is 12.1 Å². The van der Waals surface area contributed by atoms with Crippen LogP contribution in [0.1, 0.15) is 29.6 Å². The maximum absolute atomic E-state index is 11.3. The van der Waals surface area contributed by atoms with E-state index in [1.54, 1.807) is 6.07 Å². The quantitative estimate of drug-likeness (QED) is 0.901. The van der Waals surface area contributed by atoms with Gasteiger partial charge < -0.3 is 10.0 Å². The molecule has 2 aliphatic rings. The van der Waals surface area contributed by atoms with Gasteiger partial charge in [0.2, 0.25) is 0 Å². The van der Waals surface area contributed by atoms with E-state index in [4.69, 9.17) is 23.2 Å². The molecule has 1 aromatic carbocycles. The lowest BCUT2D eigenvalue weighted by molar-refractivity contribution is 0.0690. The number of carboxylic acid groups (broad SMARTS) is 1. The third-order valence-corrected chi connectivity index (χ3v) is 4.55. The third-order valence-electron chi connectivity index (χ3n) is 4.04. The molecule has 5 heteroatoms. The zero-order valence-electron chi connectivity index (χ0n) is 9.75. The van der Waals surface area contributed by atoms with Gasteiger partial charge in [0.05, 0.1) is 16.3 Å². The molecular formula is C13H13Cl2NO2. The van der Waals surface area contributed by atoms with Gasteiger partial charge in [0.15, 0.2) is 0 Å². The first-order valence-corrected chi connectivity index (χ1v) is 6.74. The minimum absolute atomic E-state index is 0.196. The summed E-state index contributed by atoms with van der Waals surface area (Å²) in [4.78, 5) is 13.3. The van der Waals surface area contributed by atoms with Gasteiger partial charge in [0, 0.05) is 23.5 Å². The molecule has 1 heterocycles. The second-order valence-corrected chi connectivity index (χ2v) is 6.14. The molecule has 0 radical (unpaired) electrons. The van der Waals surface area contributed by atoms with Crippen molar-refractivity contribution in [2.75, 3.05) is 18.0 Å². The monoisotopic (exact) mass is 285 g/mol. The van der Waals surface area contributed by atoms with Gasteiger partial charge in [-0.15, -0.1) is 0 Å². The highest BCUT2D eigenvalue weighted by atomic mass is 35.5. The van der Waals surface area contributed by atoms with Crippen LogP contribution < -0.4 is 4.90 Å². The Kier molecular flexibility index (Phi) is 2.72. The highest BCUT2D eigenvalue weighted by Gasteiger charge is 2.48. The molecule has 2 fully saturated rings. The lowest BCUT2D eigenvalue weighted by Crippen LogP contribution is -2.60. The standard InChI is InChI=1S/C13H13Cl2NO2/c14-8-4-9(12(17)18)11(10(15)5-8)16-6-13(7-16)2-1-3-13/h4-5H,1-3,6-7H2,(H,17,18). The molecular weight excluding hydrogens is 273 g/mol. The molecule has 1 N–H and O–H groups in total. The molecule has 1 aliphatic heterocycles. The molecule has 0 amide bonds. The molecule has 18 heavy (non-hydrogen) atoms. The largest absolute Gasteiger partial charge is 0.478 e. The molecule has 3 nitrogen and oxygen atoms in total. The van der Waals surface area contributed by atoms with Crippen LogP contribution >= 0.6 is 23.2 Å². The lowest BCUT2D eigenvalue weighted by atomic mass is 9.63. The number of carbonyl (C=O) groups is 1. The molecule has 0 bridgehead atoms. The number of halogens is 2. The van der Waals surface area contributed by atoms with E-state index in [2.05, 4.69) is 4.90 Å². The van der Waals surface area contributed by atoms with Crippen LogP contribution in [0, 0.1) is 5.41 Å². The topological polar surface area (TPSA) is 40.5 Å². The maximum Gasteiger partial charge on any atom is 0.337 e. The zero-order valence-corrected chi connectivity index (χ0v) is 11.3. The van der Waals surface area contributed by atoms with Crippen LogP contribution in [-0.2, 0) is 0 Å². The summed E-state index contributed by atoms with van der Waals surface area (Å²) in [7, 11) is 0. The van der Waals surface area contributed by atoms with Crippen LogP contribution in [0.25, 0.3) is 0 Å². The Labute approximate surface area is 115 Å². The van der Waals surface area contributed by atoms with Crippen molar-refractivity contribution in [3.63, 3.8) is 0 Å². The van der Waals surface area contributed by atoms with Gasteiger partial charge in [-0.1, -0.05) is 29.6 Å². The summed E-state index contributed by atoms with van der Waals surface area (Å²) in [5, 5.41) is 10.0. The first kappa shape index (κ1) is 12.1. The predicted octanol–water partition coefficient (Wildman–Crippen LogP) is 3.68. The molecule has 1 aromatic rings. The van der Waals surface area contributed by atoms with Crippen LogP contribution in [0.2, 0.25) is 10.0 Å². The first-order chi connectivity index (χ1) is 8.51. The fraction of sp³-hybridized carbons (Fsp3) is 0.462. The van der Waals surface area contributed by atoms with Crippen molar-refractivity contribution >= 4 is 34.9 Å². The lowest BCUT2D eigenvalue weighted by Gasteiger charge is -2.57. The van der Waals surface area contributed by atoms with Crippen molar-refractivity contribution in [2.45, 2.75) is 19.3 Å². The zero-order chi connectivity index (χ0) is 12.9. The van der Waals surface area contributed by atoms with Crippen LogP contribution in [-0.4, -0.2) is 24.2 Å². The van der Waals surface area contributed by atoms with E-state index in [0.717, 1.165) is 13.1 Å². The first-order valence-electron chi connectivity index (χ1n) is 5.98. The summed E-state index contributed by atoms with van der Waals surface area (Å²) in [6.45, 7) is 1.82. The third kappa shape index (κ3) is 1.77. The number of nitrogens with zero attached hydrogens (tertiary/aromatic N) is 1. The molecule has 0 atom stereocenters. The number of benzene rings is 1. The second-order valence-electron chi connectivity index (χ2n) is 5.30. The van der Waals surface area contributed by atoms with Crippen molar-refractivity contribution in [3.8, 4) is 0 Å². The number of hydrogen-bond acceptors (Lipinski definition) is 2. The molecule has 96 valence electrons. The van der Waals surface area contributed by atoms with E-state index in [1.165, 1.54) is 25.3 Å².